The summed E-state index contributed by atoms with van der Waals surface area (Å²) in [7, 11) is -2.04. The summed E-state index contributed by atoms with van der Waals surface area (Å²) in [6.45, 7) is -0.136. The Hall–Kier alpha value is -1.90. The van der Waals surface area contributed by atoms with Gasteiger partial charge in [0.25, 0.3) is 10.0 Å². The number of nitrogens with two attached hydrogens (primary N) is 1. The summed E-state index contributed by atoms with van der Waals surface area (Å²) in [6, 6.07) is 6.59. The number of aryl methyl sites for hydroxylation is 1. The number of hydrogen-bond donors (Lipinski definition) is 3. The molecule has 1 aromatic carbocycles. The summed E-state index contributed by atoms with van der Waals surface area (Å²) in [6.07, 6.45) is 1.83. The average molecular weight is 296 g/mol. The summed E-state index contributed by atoms with van der Waals surface area (Å²) in [5, 5.41) is 9.85. The standard InChI is InChI=1S/C12H16N4O3S/c1-16-7-12(14-8-16)20(18,19)15-6-11(17)9-2-4-10(13)5-3-9/h2-5,7-8,11,15,17H,6,13H2,1H3. The van der Waals surface area contributed by atoms with Crippen molar-refractivity contribution in [2.75, 3.05) is 12.3 Å². The van der Waals surface area contributed by atoms with Crippen LogP contribution in [0.4, 0.5) is 5.69 Å². The number of aromatic nitrogens is 2. The molecule has 0 saturated heterocycles. The van der Waals surface area contributed by atoms with E-state index in [2.05, 4.69) is 9.71 Å². The monoisotopic (exact) mass is 296 g/mol. The number of nitrogens with zero attached hydrogens (tertiary/aromatic N) is 2. The smallest absolute Gasteiger partial charge is 0.259 e. The summed E-state index contributed by atoms with van der Waals surface area (Å²) in [4.78, 5) is 3.76. The van der Waals surface area contributed by atoms with E-state index in [-0.39, 0.29) is 11.6 Å². The van der Waals surface area contributed by atoms with Crippen LogP contribution in [0.25, 0.3) is 0 Å². The number of sulfonamides is 1. The molecule has 2 rings (SSSR count). The van der Waals surface area contributed by atoms with Gasteiger partial charge in [0.05, 0.1) is 12.4 Å². The molecule has 0 aliphatic heterocycles. The maximum atomic E-state index is 11.9. The highest BCUT2D eigenvalue weighted by atomic mass is 32.2. The van der Waals surface area contributed by atoms with Gasteiger partial charge in [-0.2, -0.15) is 0 Å². The van der Waals surface area contributed by atoms with Crippen molar-refractivity contribution >= 4 is 15.7 Å². The van der Waals surface area contributed by atoms with E-state index in [1.807, 2.05) is 0 Å². The van der Waals surface area contributed by atoms with Gasteiger partial charge < -0.3 is 15.4 Å². The molecule has 0 aliphatic carbocycles. The topological polar surface area (TPSA) is 110 Å². The van der Waals surface area contributed by atoms with Gasteiger partial charge in [-0.15, -0.1) is 0 Å². The molecule has 1 aromatic heterocycles. The first-order chi connectivity index (χ1) is 9.38. The second-order valence-electron chi connectivity index (χ2n) is 4.41. The number of rotatable bonds is 5. The SMILES string of the molecule is Cn1cnc(S(=O)(=O)NCC(O)c2ccc(N)cc2)c1. The molecule has 0 bridgehead atoms. The molecule has 0 amide bonds. The van der Waals surface area contributed by atoms with Crippen LogP contribution in [-0.2, 0) is 17.1 Å². The zero-order valence-corrected chi connectivity index (χ0v) is 11.7. The van der Waals surface area contributed by atoms with Gasteiger partial charge in [0.15, 0.2) is 5.03 Å². The number of nitrogens with one attached hydrogen (secondary N) is 1. The quantitative estimate of drug-likeness (QED) is 0.673. The highest BCUT2D eigenvalue weighted by molar-refractivity contribution is 7.89. The first-order valence-corrected chi connectivity index (χ1v) is 7.38. The number of nitrogen functional groups attached to an aromatic ring is 1. The molecule has 2 aromatic rings. The summed E-state index contributed by atoms with van der Waals surface area (Å²) >= 11 is 0. The van der Waals surface area contributed by atoms with Gasteiger partial charge in [-0.3, -0.25) is 0 Å². The van der Waals surface area contributed by atoms with Gasteiger partial charge in [-0.05, 0) is 17.7 Å². The number of imidazole rings is 1. The van der Waals surface area contributed by atoms with Crippen LogP contribution in [0.5, 0.6) is 0 Å². The van der Waals surface area contributed by atoms with Crippen molar-refractivity contribution in [3.8, 4) is 0 Å². The summed E-state index contributed by atoms with van der Waals surface area (Å²) in [5.74, 6) is 0. The number of aliphatic hydroxyl groups excluding tert-OH is 1. The van der Waals surface area contributed by atoms with Crippen LogP contribution in [0.15, 0.2) is 41.8 Å². The highest BCUT2D eigenvalue weighted by Gasteiger charge is 2.18. The van der Waals surface area contributed by atoms with Crippen LogP contribution in [0.3, 0.4) is 0 Å². The van der Waals surface area contributed by atoms with Crippen LogP contribution in [-0.4, -0.2) is 29.6 Å². The minimum absolute atomic E-state index is 0.0792. The molecular weight excluding hydrogens is 280 g/mol. The van der Waals surface area contributed by atoms with E-state index in [1.54, 1.807) is 31.3 Å². The van der Waals surface area contributed by atoms with E-state index in [0.717, 1.165) is 0 Å². The van der Waals surface area contributed by atoms with Crippen molar-refractivity contribution < 1.29 is 13.5 Å². The summed E-state index contributed by atoms with van der Waals surface area (Å²) < 4.78 is 27.7. The number of anilines is 1. The van der Waals surface area contributed by atoms with Gasteiger partial charge in [-0.1, -0.05) is 12.1 Å². The van der Waals surface area contributed by atoms with Crippen LogP contribution in [0.2, 0.25) is 0 Å². The van der Waals surface area contributed by atoms with Gasteiger partial charge in [0.1, 0.15) is 0 Å². The zero-order valence-electron chi connectivity index (χ0n) is 10.9. The van der Waals surface area contributed by atoms with Gasteiger partial charge in [0, 0.05) is 25.5 Å². The molecule has 0 aliphatic rings. The van der Waals surface area contributed by atoms with Crippen molar-refractivity contribution in [2.45, 2.75) is 11.1 Å². The van der Waals surface area contributed by atoms with Crippen molar-refractivity contribution in [3.05, 3.63) is 42.4 Å². The first-order valence-electron chi connectivity index (χ1n) is 5.89. The van der Waals surface area contributed by atoms with E-state index >= 15 is 0 Å². The number of hydrogen-bond acceptors (Lipinski definition) is 5. The fraction of sp³-hybridized carbons (Fsp3) is 0.250. The molecule has 1 atom stereocenters. The second kappa shape index (κ2) is 5.61. The van der Waals surface area contributed by atoms with E-state index in [4.69, 9.17) is 5.73 Å². The number of aliphatic hydroxyl groups is 1. The van der Waals surface area contributed by atoms with Crippen molar-refractivity contribution in [2.24, 2.45) is 7.05 Å². The van der Waals surface area contributed by atoms with Crippen LogP contribution in [0.1, 0.15) is 11.7 Å². The van der Waals surface area contributed by atoms with E-state index in [1.165, 1.54) is 17.1 Å². The third-order valence-electron chi connectivity index (χ3n) is 2.74. The molecule has 0 saturated carbocycles. The predicted octanol–water partition coefficient (Wildman–Crippen LogP) is 0.0142. The Morgan fingerprint density at radius 1 is 1.40 bits per heavy atom. The minimum Gasteiger partial charge on any atom is -0.399 e. The largest absolute Gasteiger partial charge is 0.399 e. The Morgan fingerprint density at radius 2 is 2.05 bits per heavy atom. The lowest BCUT2D eigenvalue weighted by atomic mass is 10.1. The maximum Gasteiger partial charge on any atom is 0.259 e. The van der Waals surface area contributed by atoms with Crippen molar-refractivity contribution in [1.82, 2.24) is 14.3 Å². The Kier molecular flexibility index (Phi) is 4.07. The Labute approximate surface area is 117 Å². The zero-order chi connectivity index (χ0) is 14.8. The van der Waals surface area contributed by atoms with Crippen molar-refractivity contribution in [1.29, 1.82) is 0 Å². The molecule has 0 radical (unpaired) electrons. The normalized spacial score (nSPS) is 13.3. The van der Waals surface area contributed by atoms with E-state index < -0.39 is 16.1 Å². The summed E-state index contributed by atoms with van der Waals surface area (Å²) in [5.41, 5.74) is 6.71. The molecular formula is C12H16N4O3S. The van der Waals surface area contributed by atoms with Crippen LogP contribution < -0.4 is 10.5 Å². The van der Waals surface area contributed by atoms with Gasteiger partial charge in [0.2, 0.25) is 0 Å². The lowest BCUT2D eigenvalue weighted by Gasteiger charge is -2.12. The lowest BCUT2D eigenvalue weighted by Crippen LogP contribution is -2.28. The van der Waals surface area contributed by atoms with Crippen molar-refractivity contribution in [3.63, 3.8) is 0 Å². The minimum atomic E-state index is -3.72. The van der Waals surface area contributed by atoms with Gasteiger partial charge in [-0.25, -0.2) is 18.1 Å². The first kappa shape index (κ1) is 14.5. The predicted molar refractivity (Wildman–Crippen MR) is 74.2 cm³/mol. The molecule has 1 heterocycles. The Morgan fingerprint density at radius 3 is 2.60 bits per heavy atom. The van der Waals surface area contributed by atoms with E-state index in [0.29, 0.717) is 11.3 Å². The third kappa shape index (κ3) is 3.35. The lowest BCUT2D eigenvalue weighted by molar-refractivity contribution is 0.182. The second-order valence-corrected chi connectivity index (χ2v) is 6.13. The molecule has 0 fully saturated rings. The fourth-order valence-corrected chi connectivity index (χ4v) is 2.64. The Bertz CT molecular complexity index is 679. The number of benzene rings is 1. The highest BCUT2D eigenvalue weighted by Crippen LogP contribution is 2.14. The molecule has 7 nitrogen and oxygen atoms in total. The molecule has 8 heteroatoms. The molecule has 20 heavy (non-hydrogen) atoms. The average Bonchev–Trinajstić information content (AvgIpc) is 2.84. The fourth-order valence-electron chi connectivity index (χ4n) is 1.63. The maximum absolute atomic E-state index is 11.9. The molecule has 0 spiro atoms. The molecule has 4 N–H and O–H groups in total. The molecule has 108 valence electrons. The molecule has 1 unspecified atom stereocenters. The third-order valence-corrected chi connectivity index (χ3v) is 4.05. The van der Waals surface area contributed by atoms with Crippen LogP contribution >= 0.6 is 0 Å². The van der Waals surface area contributed by atoms with Gasteiger partial charge >= 0.3 is 0 Å². The Balaban J connectivity index is 2.03. The van der Waals surface area contributed by atoms with Crippen LogP contribution in [0, 0.1) is 0 Å². The van der Waals surface area contributed by atoms with E-state index in [9.17, 15) is 13.5 Å².